The van der Waals surface area contributed by atoms with Crippen LogP contribution in [0.5, 0.6) is 5.75 Å². The van der Waals surface area contributed by atoms with Gasteiger partial charge in [0.2, 0.25) is 0 Å². The molecule has 2 aromatic heterocycles. The molecular formula is C27H31FN6OS. The van der Waals surface area contributed by atoms with Crippen molar-refractivity contribution in [3.8, 4) is 28.3 Å². The van der Waals surface area contributed by atoms with Crippen molar-refractivity contribution in [1.82, 2.24) is 25.5 Å². The molecule has 1 unspecified atom stereocenters. The van der Waals surface area contributed by atoms with Crippen LogP contribution in [0.3, 0.4) is 0 Å². The standard InChI is InChI=1S/C27H31FN6OS/c1-26-8-9-27(2,33-26)13-18(12-26)34(17-5-6-17)23-15-30-25(32-31-23)19-7-4-16(10-22(19)35)20-11-24(36-3)29-14-21(20)28/h4,7,10-11,14-15,17-18,33,35H,5-6,8-9,12-13H2,1-3H3/t18?,26-,27+. The van der Waals surface area contributed by atoms with Crippen LogP contribution in [-0.2, 0) is 0 Å². The predicted molar refractivity (Wildman–Crippen MR) is 140 cm³/mol. The molecule has 3 aliphatic rings. The van der Waals surface area contributed by atoms with Gasteiger partial charge in [0.15, 0.2) is 11.6 Å². The van der Waals surface area contributed by atoms with E-state index in [-0.39, 0.29) is 16.8 Å². The number of nitrogens with one attached hydrogen (secondary N) is 1. The fraction of sp³-hybridized carbons (Fsp3) is 0.481. The number of hydrogen-bond acceptors (Lipinski definition) is 8. The Morgan fingerprint density at radius 3 is 2.36 bits per heavy atom. The molecule has 7 nitrogen and oxygen atoms in total. The highest BCUT2D eigenvalue weighted by molar-refractivity contribution is 7.98. The second-order valence-corrected chi connectivity index (χ2v) is 11.9. The summed E-state index contributed by atoms with van der Waals surface area (Å²) in [5.74, 6) is 0.706. The maximum atomic E-state index is 14.4. The smallest absolute Gasteiger partial charge is 0.185 e. The quantitative estimate of drug-likeness (QED) is 0.441. The average molecular weight is 507 g/mol. The van der Waals surface area contributed by atoms with E-state index in [2.05, 4.69) is 44.2 Å². The second kappa shape index (κ2) is 8.66. The molecule has 4 heterocycles. The van der Waals surface area contributed by atoms with Crippen molar-refractivity contribution in [2.75, 3.05) is 11.2 Å². The van der Waals surface area contributed by atoms with Gasteiger partial charge in [-0.2, -0.15) is 0 Å². The van der Waals surface area contributed by atoms with Crippen LogP contribution in [0, 0.1) is 5.82 Å². The zero-order valence-electron chi connectivity index (χ0n) is 20.8. The van der Waals surface area contributed by atoms with Crippen molar-refractivity contribution in [3.63, 3.8) is 0 Å². The number of thioether (sulfide) groups is 1. The Kier molecular flexibility index (Phi) is 5.68. The van der Waals surface area contributed by atoms with Gasteiger partial charge in [0.1, 0.15) is 11.6 Å². The third kappa shape index (κ3) is 4.32. The first-order valence-electron chi connectivity index (χ1n) is 12.6. The Morgan fingerprint density at radius 2 is 1.75 bits per heavy atom. The van der Waals surface area contributed by atoms with Crippen LogP contribution in [0.2, 0.25) is 0 Å². The monoisotopic (exact) mass is 506 g/mol. The van der Waals surface area contributed by atoms with E-state index >= 15 is 0 Å². The number of hydrogen-bond donors (Lipinski definition) is 2. The molecule has 0 spiro atoms. The molecule has 1 saturated carbocycles. The van der Waals surface area contributed by atoms with Crippen molar-refractivity contribution in [3.05, 3.63) is 42.5 Å². The molecule has 3 aromatic rings. The minimum atomic E-state index is -0.434. The molecular weight excluding hydrogens is 475 g/mol. The fourth-order valence-electron chi connectivity index (χ4n) is 6.20. The number of halogens is 1. The largest absolute Gasteiger partial charge is 0.507 e. The number of fused-ring (bicyclic) bond motifs is 2. The molecule has 2 saturated heterocycles. The molecule has 1 aromatic carbocycles. The second-order valence-electron chi connectivity index (χ2n) is 11.0. The summed E-state index contributed by atoms with van der Waals surface area (Å²) in [5, 5.41) is 24.3. The molecule has 0 amide bonds. The first-order valence-corrected chi connectivity index (χ1v) is 13.8. The molecule has 36 heavy (non-hydrogen) atoms. The number of anilines is 1. The van der Waals surface area contributed by atoms with Crippen molar-refractivity contribution >= 4 is 17.6 Å². The van der Waals surface area contributed by atoms with Gasteiger partial charge in [-0.25, -0.2) is 14.4 Å². The SMILES string of the molecule is CSc1cc(-c2ccc(-c3ncc(N(C4CC4)C4C[C@]5(C)CC[C@](C)(C4)N5)nn3)c(O)c2)c(F)cn1. The molecule has 1 aliphatic carbocycles. The van der Waals surface area contributed by atoms with E-state index in [1.807, 2.05) is 6.26 Å². The number of piperidine rings is 1. The van der Waals surface area contributed by atoms with Gasteiger partial charge in [-0.05, 0) is 82.4 Å². The summed E-state index contributed by atoms with van der Waals surface area (Å²) in [6.07, 6.45) is 11.8. The minimum absolute atomic E-state index is 0.0150. The third-order valence-electron chi connectivity index (χ3n) is 7.94. The number of rotatable bonds is 6. The maximum absolute atomic E-state index is 14.4. The van der Waals surface area contributed by atoms with E-state index in [1.54, 1.807) is 24.4 Å². The number of nitrogens with zero attached hydrogens (tertiary/aromatic N) is 5. The summed E-state index contributed by atoms with van der Waals surface area (Å²) in [4.78, 5) is 11.1. The average Bonchev–Trinajstić information content (AvgIpc) is 3.65. The molecule has 6 rings (SSSR count). The van der Waals surface area contributed by atoms with E-state index in [9.17, 15) is 9.50 Å². The van der Waals surface area contributed by atoms with Crippen LogP contribution >= 0.6 is 11.8 Å². The van der Waals surface area contributed by atoms with Crippen molar-refractivity contribution in [2.45, 2.75) is 80.6 Å². The van der Waals surface area contributed by atoms with Gasteiger partial charge in [-0.3, -0.25) is 0 Å². The molecule has 9 heteroatoms. The van der Waals surface area contributed by atoms with Crippen LogP contribution in [0.25, 0.3) is 22.5 Å². The summed E-state index contributed by atoms with van der Waals surface area (Å²) >= 11 is 1.44. The summed E-state index contributed by atoms with van der Waals surface area (Å²) in [5.41, 5.74) is 1.77. The van der Waals surface area contributed by atoms with Gasteiger partial charge >= 0.3 is 0 Å². The van der Waals surface area contributed by atoms with Crippen molar-refractivity contribution < 1.29 is 9.50 Å². The molecule has 3 atom stereocenters. The van der Waals surface area contributed by atoms with Gasteiger partial charge in [0.25, 0.3) is 0 Å². The maximum Gasteiger partial charge on any atom is 0.185 e. The Balaban J connectivity index is 1.26. The van der Waals surface area contributed by atoms with E-state index < -0.39 is 5.82 Å². The lowest BCUT2D eigenvalue weighted by Gasteiger charge is -2.46. The highest BCUT2D eigenvalue weighted by Gasteiger charge is 2.51. The highest BCUT2D eigenvalue weighted by Crippen LogP contribution is 2.46. The number of phenols is 1. The first-order chi connectivity index (χ1) is 17.3. The minimum Gasteiger partial charge on any atom is -0.507 e. The number of pyridine rings is 1. The number of aromatic nitrogens is 4. The van der Waals surface area contributed by atoms with Crippen molar-refractivity contribution in [2.24, 2.45) is 0 Å². The zero-order chi connectivity index (χ0) is 25.1. The lowest BCUT2D eigenvalue weighted by atomic mass is 9.84. The lowest BCUT2D eigenvalue weighted by molar-refractivity contribution is 0.203. The zero-order valence-corrected chi connectivity index (χ0v) is 21.6. The Labute approximate surface area is 215 Å². The van der Waals surface area contributed by atoms with E-state index in [4.69, 9.17) is 0 Å². The third-order valence-corrected chi connectivity index (χ3v) is 8.58. The summed E-state index contributed by atoms with van der Waals surface area (Å²) in [6, 6.07) is 7.60. The lowest BCUT2D eigenvalue weighted by Crippen LogP contribution is -2.59. The van der Waals surface area contributed by atoms with Crippen LogP contribution in [-0.4, -0.2) is 54.7 Å². The van der Waals surface area contributed by atoms with Gasteiger partial charge in [-0.1, -0.05) is 6.07 Å². The van der Waals surface area contributed by atoms with E-state index in [0.717, 1.165) is 18.7 Å². The van der Waals surface area contributed by atoms with Gasteiger partial charge in [-0.15, -0.1) is 22.0 Å². The molecule has 0 radical (unpaired) electrons. The summed E-state index contributed by atoms with van der Waals surface area (Å²) < 4.78 is 14.4. The van der Waals surface area contributed by atoms with Crippen molar-refractivity contribution in [1.29, 1.82) is 0 Å². The van der Waals surface area contributed by atoms with Crippen LogP contribution in [0.4, 0.5) is 10.2 Å². The summed E-state index contributed by atoms with van der Waals surface area (Å²) in [7, 11) is 0. The number of phenolic OH excluding ortho intramolecular Hbond substituents is 1. The highest BCUT2D eigenvalue weighted by atomic mass is 32.2. The first kappa shape index (κ1) is 23.6. The van der Waals surface area contributed by atoms with Crippen LogP contribution in [0.15, 0.2) is 41.7 Å². The number of aromatic hydroxyl groups is 1. The molecule has 2 N–H and O–H groups in total. The van der Waals surface area contributed by atoms with E-state index in [1.165, 1.54) is 49.7 Å². The van der Waals surface area contributed by atoms with E-state index in [0.29, 0.717) is 39.6 Å². The molecule has 188 valence electrons. The Hall–Kier alpha value is -2.78. The molecule has 2 bridgehead atoms. The molecule has 3 fully saturated rings. The molecule has 2 aliphatic heterocycles. The van der Waals surface area contributed by atoms with Crippen LogP contribution in [0.1, 0.15) is 52.4 Å². The normalized spacial score (nSPS) is 27.3. The van der Waals surface area contributed by atoms with Gasteiger partial charge in [0, 0.05) is 28.7 Å². The Bertz CT molecular complexity index is 1280. The summed E-state index contributed by atoms with van der Waals surface area (Å²) in [6.45, 7) is 4.68. The number of benzene rings is 1. The van der Waals surface area contributed by atoms with Crippen LogP contribution < -0.4 is 10.2 Å². The van der Waals surface area contributed by atoms with Gasteiger partial charge < -0.3 is 15.3 Å². The topological polar surface area (TPSA) is 87.1 Å². The Morgan fingerprint density at radius 1 is 1.00 bits per heavy atom. The fourth-order valence-corrected chi connectivity index (χ4v) is 6.59. The van der Waals surface area contributed by atoms with Gasteiger partial charge in [0.05, 0.1) is 23.0 Å². The predicted octanol–water partition coefficient (Wildman–Crippen LogP) is 5.20.